The second-order valence-electron chi connectivity index (χ2n) is 7.11. The highest BCUT2D eigenvalue weighted by Gasteiger charge is 2.26. The van der Waals surface area contributed by atoms with Crippen molar-refractivity contribution in [3.63, 3.8) is 0 Å². The van der Waals surface area contributed by atoms with Crippen LogP contribution in [0.3, 0.4) is 0 Å². The van der Waals surface area contributed by atoms with Crippen molar-refractivity contribution < 1.29 is 19.1 Å². The number of aryl methyl sites for hydroxylation is 1. The third kappa shape index (κ3) is 4.88. The molecule has 0 saturated heterocycles. The van der Waals surface area contributed by atoms with Crippen molar-refractivity contribution in [3.8, 4) is 11.5 Å². The molecule has 31 heavy (non-hydrogen) atoms. The number of nitrogens with one attached hydrogen (secondary N) is 1. The summed E-state index contributed by atoms with van der Waals surface area (Å²) < 4.78 is 12.0. The number of fused-ring (bicyclic) bond motifs is 1. The van der Waals surface area contributed by atoms with E-state index in [0.29, 0.717) is 40.3 Å². The Balaban J connectivity index is 1.48. The number of hydrogen-bond acceptors (Lipinski definition) is 4. The maximum absolute atomic E-state index is 12.6. The maximum atomic E-state index is 12.6. The lowest BCUT2D eigenvalue weighted by Crippen LogP contribution is -2.41. The predicted molar refractivity (Wildman–Crippen MR) is 123 cm³/mol. The SMILES string of the molecule is Cc1ccc(OCCN2C(=O)COc3ccc(NC(=O)c4ccccc4Br)cc32)cc1. The topological polar surface area (TPSA) is 67.9 Å². The molecule has 1 aliphatic rings. The number of ether oxygens (including phenoxy) is 2. The summed E-state index contributed by atoms with van der Waals surface area (Å²) in [5, 5.41) is 2.88. The number of rotatable bonds is 6. The molecule has 0 aliphatic carbocycles. The zero-order valence-electron chi connectivity index (χ0n) is 16.9. The van der Waals surface area contributed by atoms with Gasteiger partial charge < -0.3 is 19.7 Å². The number of nitrogens with zero attached hydrogens (tertiary/aromatic N) is 1. The minimum Gasteiger partial charge on any atom is -0.492 e. The average Bonchev–Trinajstić information content (AvgIpc) is 2.77. The van der Waals surface area contributed by atoms with Gasteiger partial charge in [-0.05, 0) is 65.3 Å². The lowest BCUT2D eigenvalue weighted by Gasteiger charge is -2.29. The zero-order valence-corrected chi connectivity index (χ0v) is 18.5. The van der Waals surface area contributed by atoms with Crippen LogP contribution < -0.4 is 19.7 Å². The van der Waals surface area contributed by atoms with E-state index in [-0.39, 0.29) is 18.4 Å². The molecule has 0 radical (unpaired) electrons. The molecule has 1 N–H and O–H groups in total. The van der Waals surface area contributed by atoms with Gasteiger partial charge >= 0.3 is 0 Å². The van der Waals surface area contributed by atoms with Crippen LogP contribution in [0.1, 0.15) is 15.9 Å². The number of anilines is 2. The third-order valence-corrected chi connectivity index (χ3v) is 5.57. The summed E-state index contributed by atoms with van der Waals surface area (Å²) in [5.41, 5.74) is 2.86. The Morgan fingerprint density at radius 1 is 1.13 bits per heavy atom. The van der Waals surface area contributed by atoms with Gasteiger partial charge in [0.2, 0.25) is 0 Å². The highest BCUT2D eigenvalue weighted by atomic mass is 79.9. The average molecular weight is 481 g/mol. The number of hydrogen-bond donors (Lipinski definition) is 1. The van der Waals surface area contributed by atoms with Crippen LogP contribution in [0, 0.1) is 6.92 Å². The first-order valence-corrected chi connectivity index (χ1v) is 10.6. The molecule has 4 rings (SSSR count). The van der Waals surface area contributed by atoms with Gasteiger partial charge in [-0.2, -0.15) is 0 Å². The zero-order chi connectivity index (χ0) is 21.8. The molecule has 0 fully saturated rings. The van der Waals surface area contributed by atoms with Crippen molar-refractivity contribution in [3.05, 3.63) is 82.3 Å². The number of benzene rings is 3. The van der Waals surface area contributed by atoms with E-state index < -0.39 is 0 Å². The van der Waals surface area contributed by atoms with Gasteiger partial charge in [-0.3, -0.25) is 9.59 Å². The van der Waals surface area contributed by atoms with E-state index in [9.17, 15) is 9.59 Å². The van der Waals surface area contributed by atoms with Gasteiger partial charge in [0.15, 0.2) is 6.61 Å². The summed E-state index contributed by atoms with van der Waals surface area (Å²) in [6.07, 6.45) is 0. The first kappa shape index (κ1) is 20.9. The normalized spacial score (nSPS) is 12.7. The molecule has 1 heterocycles. The first-order valence-electron chi connectivity index (χ1n) is 9.84. The number of carbonyl (C=O) groups is 2. The Morgan fingerprint density at radius 2 is 1.90 bits per heavy atom. The lowest BCUT2D eigenvalue weighted by atomic mass is 10.2. The summed E-state index contributed by atoms with van der Waals surface area (Å²) in [6.45, 7) is 2.69. The third-order valence-electron chi connectivity index (χ3n) is 4.88. The molecule has 0 aromatic heterocycles. The van der Waals surface area contributed by atoms with Crippen molar-refractivity contribution in [2.75, 3.05) is 30.0 Å². The Labute approximate surface area is 188 Å². The van der Waals surface area contributed by atoms with Gasteiger partial charge in [-0.15, -0.1) is 0 Å². The van der Waals surface area contributed by atoms with Crippen LogP contribution in [0.25, 0.3) is 0 Å². The summed E-state index contributed by atoms with van der Waals surface area (Å²) in [7, 11) is 0. The minimum atomic E-state index is -0.246. The fraction of sp³-hybridized carbons (Fsp3) is 0.167. The maximum Gasteiger partial charge on any atom is 0.265 e. The van der Waals surface area contributed by atoms with Gasteiger partial charge in [0.25, 0.3) is 11.8 Å². The monoisotopic (exact) mass is 480 g/mol. The molecular weight excluding hydrogens is 460 g/mol. The molecule has 7 heteroatoms. The molecule has 6 nitrogen and oxygen atoms in total. The molecule has 158 valence electrons. The molecule has 0 atom stereocenters. The van der Waals surface area contributed by atoms with Crippen molar-refractivity contribution in [2.45, 2.75) is 6.92 Å². The van der Waals surface area contributed by atoms with Gasteiger partial charge in [0.1, 0.15) is 18.1 Å². The molecule has 0 unspecified atom stereocenters. The molecular formula is C24H21BrN2O4. The Morgan fingerprint density at radius 3 is 2.68 bits per heavy atom. The van der Waals surface area contributed by atoms with Crippen LogP contribution in [0.15, 0.2) is 71.2 Å². The van der Waals surface area contributed by atoms with E-state index in [1.165, 1.54) is 0 Å². The minimum absolute atomic E-state index is 0.0276. The van der Waals surface area contributed by atoms with Crippen molar-refractivity contribution in [1.82, 2.24) is 0 Å². The van der Waals surface area contributed by atoms with Gasteiger partial charge in [0.05, 0.1) is 17.8 Å². The number of carbonyl (C=O) groups excluding carboxylic acids is 2. The number of halogens is 1. The molecule has 3 aromatic rings. The largest absolute Gasteiger partial charge is 0.492 e. The fourth-order valence-electron chi connectivity index (χ4n) is 3.26. The van der Waals surface area contributed by atoms with E-state index in [1.54, 1.807) is 35.2 Å². The fourth-order valence-corrected chi connectivity index (χ4v) is 3.72. The van der Waals surface area contributed by atoms with Crippen LogP contribution in [0.2, 0.25) is 0 Å². The number of amides is 2. The lowest BCUT2D eigenvalue weighted by molar-refractivity contribution is -0.121. The highest BCUT2D eigenvalue weighted by molar-refractivity contribution is 9.10. The Bertz CT molecular complexity index is 1110. The van der Waals surface area contributed by atoms with Crippen molar-refractivity contribution >= 4 is 39.1 Å². The van der Waals surface area contributed by atoms with Gasteiger partial charge in [0, 0.05) is 10.2 Å². The second-order valence-corrected chi connectivity index (χ2v) is 7.97. The Kier molecular flexibility index (Phi) is 6.23. The standard InChI is InChI=1S/C24H21BrN2O4/c1-16-6-9-18(10-7-16)30-13-12-27-21-14-17(8-11-22(21)31-15-23(27)28)26-24(29)19-4-2-3-5-20(19)25/h2-11,14H,12-13,15H2,1H3,(H,26,29). The van der Waals surface area contributed by atoms with E-state index in [1.807, 2.05) is 43.3 Å². The van der Waals surface area contributed by atoms with Crippen molar-refractivity contribution in [2.24, 2.45) is 0 Å². The van der Waals surface area contributed by atoms with E-state index in [4.69, 9.17) is 9.47 Å². The molecule has 0 spiro atoms. The van der Waals surface area contributed by atoms with Crippen LogP contribution in [0.4, 0.5) is 11.4 Å². The summed E-state index contributed by atoms with van der Waals surface area (Å²) in [5.74, 6) is 0.939. The molecule has 0 saturated carbocycles. The molecule has 2 amide bonds. The summed E-state index contributed by atoms with van der Waals surface area (Å²) in [4.78, 5) is 26.8. The smallest absolute Gasteiger partial charge is 0.265 e. The predicted octanol–water partition coefficient (Wildman–Crippen LogP) is 4.81. The summed E-state index contributed by atoms with van der Waals surface area (Å²) >= 11 is 3.39. The van der Waals surface area contributed by atoms with Crippen LogP contribution in [0.5, 0.6) is 11.5 Å². The summed E-state index contributed by atoms with van der Waals surface area (Å²) in [6, 6.07) is 20.2. The van der Waals surface area contributed by atoms with E-state index in [0.717, 1.165) is 11.3 Å². The molecule has 3 aromatic carbocycles. The first-order chi connectivity index (χ1) is 15.0. The van der Waals surface area contributed by atoms with Gasteiger partial charge in [-0.25, -0.2) is 0 Å². The Hall–Kier alpha value is -3.32. The van der Waals surface area contributed by atoms with Gasteiger partial charge in [-0.1, -0.05) is 29.8 Å². The second kappa shape index (κ2) is 9.22. The van der Waals surface area contributed by atoms with E-state index >= 15 is 0 Å². The van der Waals surface area contributed by atoms with E-state index in [2.05, 4.69) is 21.2 Å². The highest BCUT2D eigenvalue weighted by Crippen LogP contribution is 2.34. The van der Waals surface area contributed by atoms with Crippen LogP contribution >= 0.6 is 15.9 Å². The van der Waals surface area contributed by atoms with Crippen LogP contribution in [-0.2, 0) is 4.79 Å². The molecule has 1 aliphatic heterocycles. The van der Waals surface area contributed by atoms with Crippen LogP contribution in [-0.4, -0.2) is 31.6 Å². The van der Waals surface area contributed by atoms with Crippen molar-refractivity contribution in [1.29, 1.82) is 0 Å². The molecule has 0 bridgehead atoms. The quantitative estimate of drug-likeness (QED) is 0.549.